The topological polar surface area (TPSA) is 56.0 Å². The zero-order chi connectivity index (χ0) is 10.7. The van der Waals surface area contributed by atoms with Gasteiger partial charge in [0.15, 0.2) is 5.65 Å². The first-order valence-electron chi connectivity index (χ1n) is 4.98. The lowest BCUT2D eigenvalue weighted by Gasteiger charge is -2.06. The van der Waals surface area contributed by atoms with Crippen LogP contribution in [0.1, 0.15) is 25.5 Å². The molecule has 0 bridgehead atoms. The molecule has 0 saturated carbocycles. The van der Waals surface area contributed by atoms with Crippen LogP contribution >= 0.6 is 15.9 Å². The highest BCUT2D eigenvalue weighted by Crippen LogP contribution is 2.13. The molecule has 6 heteroatoms. The molecule has 80 valence electrons. The number of hydrogen-bond donors (Lipinski definition) is 0. The summed E-state index contributed by atoms with van der Waals surface area (Å²) in [7, 11) is 0. The number of aromatic nitrogens is 5. The Kier molecular flexibility index (Phi) is 3.25. The third-order valence-electron chi connectivity index (χ3n) is 2.16. The maximum Gasteiger partial charge on any atom is 0.199 e. The Balaban J connectivity index is 2.14. The Labute approximate surface area is 96.0 Å². The van der Waals surface area contributed by atoms with Crippen molar-refractivity contribution >= 4 is 21.6 Å². The minimum Gasteiger partial charge on any atom is -0.152 e. The van der Waals surface area contributed by atoms with Gasteiger partial charge >= 0.3 is 0 Å². The van der Waals surface area contributed by atoms with Gasteiger partial charge in [0, 0.05) is 11.2 Å². The second kappa shape index (κ2) is 4.65. The van der Waals surface area contributed by atoms with Crippen LogP contribution < -0.4 is 0 Å². The summed E-state index contributed by atoms with van der Waals surface area (Å²) in [5, 5.41) is 15.4. The maximum atomic E-state index is 4.31. The molecule has 0 fully saturated rings. The van der Waals surface area contributed by atoms with Gasteiger partial charge in [-0.15, -0.1) is 9.73 Å². The second-order valence-corrected chi connectivity index (χ2v) is 4.74. The molecular formula is C9H12BrN5. The van der Waals surface area contributed by atoms with Gasteiger partial charge in [-0.2, -0.15) is 5.10 Å². The second-order valence-electron chi connectivity index (χ2n) is 3.44. The van der Waals surface area contributed by atoms with Crippen molar-refractivity contribution in [3.63, 3.8) is 0 Å². The van der Waals surface area contributed by atoms with E-state index in [-0.39, 0.29) is 0 Å². The lowest BCUT2D eigenvalue weighted by molar-refractivity contribution is 0.680. The predicted molar refractivity (Wildman–Crippen MR) is 59.9 cm³/mol. The van der Waals surface area contributed by atoms with Crippen molar-refractivity contribution in [3.05, 3.63) is 17.8 Å². The quantitative estimate of drug-likeness (QED) is 0.792. The van der Waals surface area contributed by atoms with Crippen LogP contribution in [0.4, 0.5) is 0 Å². The smallest absolute Gasteiger partial charge is 0.152 e. The van der Waals surface area contributed by atoms with Gasteiger partial charge in [-0.3, -0.25) is 0 Å². The van der Waals surface area contributed by atoms with Gasteiger partial charge in [-0.05, 0) is 29.0 Å². The van der Waals surface area contributed by atoms with Gasteiger partial charge in [0.05, 0.1) is 5.69 Å². The fraction of sp³-hybridized carbons (Fsp3) is 0.556. The van der Waals surface area contributed by atoms with Gasteiger partial charge in [-0.1, -0.05) is 29.3 Å². The summed E-state index contributed by atoms with van der Waals surface area (Å²) in [6.07, 6.45) is 3.22. The van der Waals surface area contributed by atoms with E-state index in [1.165, 1.54) is 11.1 Å². The number of nitrogens with zero attached hydrogens (tertiary/aromatic N) is 5. The molecule has 0 N–H and O–H groups in total. The Hall–Kier alpha value is -1.04. The fourth-order valence-corrected chi connectivity index (χ4v) is 2.23. The molecule has 0 spiro atoms. The number of halogens is 1. The third kappa shape index (κ3) is 2.50. The van der Waals surface area contributed by atoms with E-state index in [4.69, 9.17) is 0 Å². The van der Waals surface area contributed by atoms with Crippen LogP contribution in [0.15, 0.2) is 12.1 Å². The van der Waals surface area contributed by atoms with Crippen LogP contribution in [-0.2, 0) is 6.42 Å². The Morgan fingerprint density at radius 3 is 3.13 bits per heavy atom. The first-order chi connectivity index (χ1) is 7.29. The molecule has 2 heterocycles. The molecule has 2 rings (SSSR count). The molecule has 0 aromatic carbocycles. The lowest BCUT2D eigenvalue weighted by atomic mass is 10.1. The van der Waals surface area contributed by atoms with E-state index in [0.29, 0.717) is 10.5 Å². The number of hydrogen-bond acceptors (Lipinski definition) is 4. The molecule has 0 aliphatic rings. The van der Waals surface area contributed by atoms with E-state index in [1.807, 2.05) is 12.1 Å². The Morgan fingerprint density at radius 2 is 2.33 bits per heavy atom. The van der Waals surface area contributed by atoms with Crippen molar-refractivity contribution in [1.82, 2.24) is 25.3 Å². The molecule has 0 aliphatic heterocycles. The van der Waals surface area contributed by atoms with Crippen molar-refractivity contribution in [2.24, 2.45) is 0 Å². The molecule has 1 unspecified atom stereocenters. The summed E-state index contributed by atoms with van der Waals surface area (Å²) in [5.74, 6) is 0. The van der Waals surface area contributed by atoms with Crippen LogP contribution in [0.25, 0.3) is 5.65 Å². The van der Waals surface area contributed by atoms with E-state index >= 15 is 0 Å². The number of alkyl halides is 1. The van der Waals surface area contributed by atoms with Gasteiger partial charge in [-0.25, -0.2) is 0 Å². The highest BCUT2D eigenvalue weighted by molar-refractivity contribution is 9.09. The molecular weight excluding hydrogens is 258 g/mol. The Bertz CT molecular complexity index is 441. The van der Waals surface area contributed by atoms with Crippen LogP contribution in [-0.4, -0.2) is 30.1 Å². The minimum absolute atomic E-state index is 0.476. The van der Waals surface area contributed by atoms with E-state index in [9.17, 15) is 0 Å². The van der Waals surface area contributed by atoms with Crippen molar-refractivity contribution in [2.45, 2.75) is 31.0 Å². The van der Waals surface area contributed by atoms with Crippen LogP contribution in [0.3, 0.4) is 0 Å². The van der Waals surface area contributed by atoms with Gasteiger partial charge in [0.1, 0.15) is 0 Å². The molecule has 0 aliphatic carbocycles. The molecule has 5 nitrogen and oxygen atoms in total. The zero-order valence-corrected chi connectivity index (χ0v) is 10.1. The molecule has 2 aromatic heterocycles. The van der Waals surface area contributed by atoms with Crippen LogP contribution in [0.2, 0.25) is 0 Å². The standard InChI is InChI=1S/C9H12BrN5/c1-2-3-7(10)6-8-4-5-9-11-13-14-15(9)12-8/h4-5,7H,2-3,6H2,1H3. The van der Waals surface area contributed by atoms with Crippen molar-refractivity contribution in [1.29, 1.82) is 0 Å². The molecule has 0 amide bonds. The van der Waals surface area contributed by atoms with Crippen molar-refractivity contribution < 1.29 is 0 Å². The first-order valence-corrected chi connectivity index (χ1v) is 5.89. The highest BCUT2D eigenvalue weighted by Gasteiger charge is 2.07. The lowest BCUT2D eigenvalue weighted by Crippen LogP contribution is -2.06. The molecule has 2 aromatic rings. The molecule has 0 saturated heterocycles. The van der Waals surface area contributed by atoms with Gasteiger partial charge in [0.2, 0.25) is 0 Å². The van der Waals surface area contributed by atoms with Crippen molar-refractivity contribution in [3.8, 4) is 0 Å². The number of tetrazole rings is 1. The summed E-state index contributed by atoms with van der Waals surface area (Å²) >= 11 is 3.63. The summed E-state index contributed by atoms with van der Waals surface area (Å²) in [6.45, 7) is 2.17. The van der Waals surface area contributed by atoms with E-state index in [0.717, 1.165) is 18.5 Å². The summed E-state index contributed by atoms with van der Waals surface area (Å²) in [6, 6.07) is 3.85. The first kappa shape index (κ1) is 10.5. The average Bonchev–Trinajstić information content (AvgIpc) is 2.65. The highest BCUT2D eigenvalue weighted by atomic mass is 79.9. The molecule has 0 radical (unpaired) electrons. The molecule has 1 atom stereocenters. The van der Waals surface area contributed by atoms with Crippen LogP contribution in [0.5, 0.6) is 0 Å². The zero-order valence-electron chi connectivity index (χ0n) is 8.47. The summed E-state index contributed by atoms with van der Waals surface area (Å²) < 4.78 is 1.46. The van der Waals surface area contributed by atoms with Crippen LogP contribution in [0, 0.1) is 0 Å². The average molecular weight is 270 g/mol. The van der Waals surface area contributed by atoms with Gasteiger partial charge < -0.3 is 0 Å². The third-order valence-corrected chi connectivity index (χ3v) is 2.94. The van der Waals surface area contributed by atoms with E-state index < -0.39 is 0 Å². The fourth-order valence-electron chi connectivity index (χ4n) is 1.44. The van der Waals surface area contributed by atoms with E-state index in [1.54, 1.807) is 0 Å². The number of rotatable bonds is 4. The SMILES string of the molecule is CCCC(Br)Cc1ccc2nnnn2n1. The van der Waals surface area contributed by atoms with Gasteiger partial charge in [0.25, 0.3) is 0 Å². The summed E-state index contributed by atoms with van der Waals surface area (Å²) in [5.41, 5.74) is 1.69. The predicted octanol–water partition coefficient (Wildman–Crippen LogP) is 1.63. The monoisotopic (exact) mass is 269 g/mol. The number of fused-ring (bicyclic) bond motifs is 1. The molecule has 15 heavy (non-hydrogen) atoms. The maximum absolute atomic E-state index is 4.31. The van der Waals surface area contributed by atoms with Crippen molar-refractivity contribution in [2.75, 3.05) is 0 Å². The minimum atomic E-state index is 0.476. The summed E-state index contributed by atoms with van der Waals surface area (Å²) in [4.78, 5) is 0.476. The van der Waals surface area contributed by atoms with E-state index in [2.05, 4.69) is 43.5 Å². The normalized spacial score (nSPS) is 13.2. The largest absolute Gasteiger partial charge is 0.199 e. The Morgan fingerprint density at radius 1 is 1.47 bits per heavy atom.